The Balaban J connectivity index is 1.74. The van der Waals surface area contributed by atoms with Crippen LogP contribution in [-0.4, -0.2) is 26.8 Å². The molecule has 1 N–H and O–H groups in total. The first-order valence-corrected chi connectivity index (χ1v) is 11.7. The molecule has 0 radical (unpaired) electrons. The van der Waals surface area contributed by atoms with E-state index in [9.17, 15) is 14.9 Å². The molecule has 1 amide bonds. The monoisotopic (exact) mass is 466 g/mol. The van der Waals surface area contributed by atoms with Crippen molar-refractivity contribution in [1.29, 1.82) is 5.26 Å². The molecule has 0 saturated heterocycles. The summed E-state index contributed by atoms with van der Waals surface area (Å²) in [6.07, 6.45) is 1.88. The average molecular weight is 467 g/mol. The van der Waals surface area contributed by atoms with E-state index in [4.69, 9.17) is 11.6 Å². The van der Waals surface area contributed by atoms with Gasteiger partial charge in [0.1, 0.15) is 5.54 Å². The van der Waals surface area contributed by atoms with Crippen molar-refractivity contribution >= 4 is 40.2 Å². The van der Waals surface area contributed by atoms with Crippen LogP contribution in [0, 0.1) is 31.1 Å². The number of fused-ring (bicyclic) bond motifs is 1. The molecule has 3 aromatic rings. The van der Waals surface area contributed by atoms with E-state index in [1.54, 1.807) is 29.7 Å². The van der Waals surface area contributed by atoms with Crippen LogP contribution in [0.4, 0.5) is 0 Å². The number of carbonyl (C=O) groups is 1. The predicted molar refractivity (Wildman–Crippen MR) is 127 cm³/mol. The molecule has 8 heteroatoms. The standard InChI is InChI=1S/C24H23ClN4O2S/c1-14-5-4-6-20(15(14)2)29-22(31)18-10-9-17(25)11-19(18)27-23(29)32-12-21(30)28-24(3,13-26)16-7-8-16/h4-6,9-11,16H,7-8,12H2,1-3H3,(H,28,30). The van der Waals surface area contributed by atoms with Crippen molar-refractivity contribution in [3.05, 3.63) is 62.9 Å². The molecule has 4 rings (SSSR count). The second-order valence-corrected chi connectivity index (χ2v) is 9.72. The van der Waals surface area contributed by atoms with Crippen molar-refractivity contribution in [3.63, 3.8) is 0 Å². The van der Waals surface area contributed by atoms with Crippen LogP contribution in [-0.2, 0) is 4.79 Å². The first-order valence-electron chi connectivity index (χ1n) is 10.4. The molecule has 32 heavy (non-hydrogen) atoms. The van der Waals surface area contributed by atoms with E-state index >= 15 is 0 Å². The number of aryl methyl sites for hydroxylation is 1. The van der Waals surface area contributed by atoms with Gasteiger partial charge in [0.25, 0.3) is 5.56 Å². The van der Waals surface area contributed by atoms with Gasteiger partial charge in [0.15, 0.2) is 5.16 Å². The van der Waals surface area contributed by atoms with E-state index in [-0.39, 0.29) is 23.1 Å². The third-order valence-electron chi connectivity index (χ3n) is 5.98. The molecule has 0 bridgehead atoms. The van der Waals surface area contributed by atoms with Crippen LogP contribution in [0.3, 0.4) is 0 Å². The minimum atomic E-state index is -0.866. The number of rotatable bonds is 6. The Morgan fingerprint density at radius 1 is 1.34 bits per heavy atom. The molecule has 6 nitrogen and oxygen atoms in total. The molecule has 1 atom stereocenters. The van der Waals surface area contributed by atoms with Crippen LogP contribution in [0.1, 0.15) is 30.9 Å². The fourth-order valence-electron chi connectivity index (χ4n) is 3.76. The number of nitriles is 1. The molecule has 1 aliphatic carbocycles. The van der Waals surface area contributed by atoms with Gasteiger partial charge in [0, 0.05) is 5.02 Å². The van der Waals surface area contributed by atoms with Crippen LogP contribution < -0.4 is 10.9 Å². The van der Waals surface area contributed by atoms with Gasteiger partial charge in [-0.2, -0.15) is 5.26 Å². The lowest BCUT2D eigenvalue weighted by molar-refractivity contribution is -0.119. The summed E-state index contributed by atoms with van der Waals surface area (Å²) < 4.78 is 1.56. The maximum atomic E-state index is 13.5. The Kier molecular flexibility index (Phi) is 6.02. The van der Waals surface area contributed by atoms with Crippen molar-refractivity contribution in [1.82, 2.24) is 14.9 Å². The van der Waals surface area contributed by atoms with Gasteiger partial charge in [-0.05, 0) is 74.9 Å². The number of halogens is 1. The highest BCUT2D eigenvalue weighted by atomic mass is 35.5. The molecule has 1 heterocycles. The molecule has 1 aromatic heterocycles. The van der Waals surface area contributed by atoms with E-state index in [0.29, 0.717) is 21.1 Å². The fraction of sp³-hybridized carbons (Fsp3) is 0.333. The summed E-state index contributed by atoms with van der Waals surface area (Å²) in [5, 5.41) is 13.7. The zero-order chi connectivity index (χ0) is 23.0. The number of carbonyl (C=O) groups excluding carboxylic acids is 1. The highest BCUT2D eigenvalue weighted by Gasteiger charge is 2.43. The third-order valence-corrected chi connectivity index (χ3v) is 7.15. The van der Waals surface area contributed by atoms with Crippen LogP contribution >= 0.6 is 23.4 Å². The smallest absolute Gasteiger partial charge is 0.266 e. The van der Waals surface area contributed by atoms with E-state index in [0.717, 1.165) is 29.7 Å². The lowest BCUT2D eigenvalue weighted by atomic mass is 9.98. The van der Waals surface area contributed by atoms with Crippen molar-refractivity contribution < 1.29 is 4.79 Å². The molecule has 0 aliphatic heterocycles. The summed E-state index contributed by atoms with van der Waals surface area (Å²) in [6.45, 7) is 5.70. The van der Waals surface area contributed by atoms with E-state index < -0.39 is 5.54 Å². The second kappa shape index (κ2) is 8.61. The van der Waals surface area contributed by atoms with Crippen LogP contribution in [0.5, 0.6) is 0 Å². The summed E-state index contributed by atoms with van der Waals surface area (Å²) in [4.78, 5) is 30.8. The Bertz CT molecular complexity index is 1330. The molecule has 2 aromatic carbocycles. The molecule has 164 valence electrons. The van der Waals surface area contributed by atoms with Gasteiger partial charge in [0.05, 0.1) is 28.4 Å². The van der Waals surface area contributed by atoms with Gasteiger partial charge in [-0.15, -0.1) is 0 Å². The maximum absolute atomic E-state index is 13.5. The van der Waals surface area contributed by atoms with Gasteiger partial charge in [0.2, 0.25) is 5.91 Å². The average Bonchev–Trinajstić information content (AvgIpc) is 3.60. The Labute approximate surface area is 195 Å². The quantitative estimate of drug-likeness (QED) is 0.425. The summed E-state index contributed by atoms with van der Waals surface area (Å²) >= 11 is 7.30. The van der Waals surface area contributed by atoms with Crippen LogP contribution in [0.25, 0.3) is 16.6 Å². The molecule has 1 unspecified atom stereocenters. The Hall–Kier alpha value is -2.82. The number of benzene rings is 2. The van der Waals surface area contributed by atoms with Crippen molar-refractivity contribution in [3.8, 4) is 11.8 Å². The lowest BCUT2D eigenvalue weighted by Gasteiger charge is -2.23. The SMILES string of the molecule is Cc1cccc(-n2c(SCC(=O)NC(C)(C#N)C3CC3)nc3cc(Cl)ccc3c2=O)c1C. The summed E-state index contributed by atoms with van der Waals surface area (Å²) in [7, 11) is 0. The van der Waals surface area contributed by atoms with Gasteiger partial charge in [-0.3, -0.25) is 14.2 Å². The van der Waals surface area contributed by atoms with Gasteiger partial charge in [-0.1, -0.05) is 35.5 Å². The highest BCUT2D eigenvalue weighted by molar-refractivity contribution is 7.99. The van der Waals surface area contributed by atoms with Crippen molar-refractivity contribution in [2.24, 2.45) is 5.92 Å². The first-order chi connectivity index (χ1) is 15.2. The van der Waals surface area contributed by atoms with E-state index in [2.05, 4.69) is 16.4 Å². The Morgan fingerprint density at radius 3 is 2.78 bits per heavy atom. The van der Waals surface area contributed by atoms with Crippen molar-refractivity contribution in [2.75, 3.05) is 5.75 Å². The molecule has 1 saturated carbocycles. The number of hydrogen-bond acceptors (Lipinski definition) is 5. The summed E-state index contributed by atoms with van der Waals surface area (Å²) in [6, 6.07) is 13.0. The second-order valence-electron chi connectivity index (χ2n) is 8.34. The lowest BCUT2D eigenvalue weighted by Crippen LogP contribution is -2.47. The molecule has 1 aliphatic rings. The third kappa shape index (κ3) is 4.25. The van der Waals surface area contributed by atoms with Crippen LogP contribution in [0.15, 0.2) is 46.3 Å². The number of aromatic nitrogens is 2. The fourth-order valence-corrected chi connectivity index (χ4v) is 4.74. The zero-order valence-electron chi connectivity index (χ0n) is 18.1. The molecular weight excluding hydrogens is 444 g/mol. The molecular formula is C24H23ClN4O2S. The topological polar surface area (TPSA) is 87.8 Å². The Morgan fingerprint density at radius 2 is 2.09 bits per heavy atom. The zero-order valence-corrected chi connectivity index (χ0v) is 19.7. The number of thioether (sulfide) groups is 1. The van der Waals surface area contributed by atoms with Crippen molar-refractivity contribution in [2.45, 2.75) is 44.3 Å². The summed E-state index contributed by atoms with van der Waals surface area (Å²) in [5.41, 5.74) is 2.13. The minimum Gasteiger partial charge on any atom is -0.337 e. The first kappa shape index (κ1) is 22.4. The number of amides is 1. The molecule has 0 spiro atoms. The van der Waals surface area contributed by atoms with Gasteiger partial charge in [-0.25, -0.2) is 4.98 Å². The van der Waals surface area contributed by atoms with Gasteiger partial charge >= 0.3 is 0 Å². The largest absolute Gasteiger partial charge is 0.337 e. The van der Waals surface area contributed by atoms with Crippen LogP contribution in [0.2, 0.25) is 5.02 Å². The number of nitrogens with zero attached hydrogens (tertiary/aromatic N) is 3. The normalized spacial score (nSPS) is 15.2. The minimum absolute atomic E-state index is 0.0351. The number of nitrogens with one attached hydrogen (secondary N) is 1. The number of hydrogen-bond donors (Lipinski definition) is 1. The van der Waals surface area contributed by atoms with E-state index in [1.807, 2.05) is 32.0 Å². The predicted octanol–water partition coefficient (Wildman–Crippen LogP) is 4.56. The van der Waals surface area contributed by atoms with Gasteiger partial charge < -0.3 is 5.32 Å². The maximum Gasteiger partial charge on any atom is 0.266 e. The van der Waals surface area contributed by atoms with E-state index in [1.165, 1.54) is 11.8 Å². The highest BCUT2D eigenvalue weighted by Crippen LogP contribution is 2.39. The molecule has 1 fully saturated rings. The summed E-state index contributed by atoms with van der Waals surface area (Å²) in [5.74, 6) is -0.0395.